The Balaban J connectivity index is 2.92. The number of rotatable bonds is 2. The lowest BCUT2D eigenvalue weighted by Gasteiger charge is -2.10. The van der Waals surface area contributed by atoms with Crippen LogP contribution in [0.2, 0.25) is 0 Å². The van der Waals surface area contributed by atoms with Crippen LogP contribution in [0.25, 0.3) is 0 Å². The zero-order valence-electron chi connectivity index (χ0n) is 7.53. The van der Waals surface area contributed by atoms with E-state index in [1.54, 1.807) is 0 Å². The molecule has 0 aliphatic rings. The van der Waals surface area contributed by atoms with Gasteiger partial charge < -0.3 is 4.52 Å². The number of hydrogen-bond acceptors (Lipinski definition) is 3. The molecule has 0 aliphatic heterocycles. The summed E-state index contributed by atoms with van der Waals surface area (Å²) in [5.74, 6) is 1.72. The molecule has 1 aromatic heterocycles. The fourth-order valence-corrected chi connectivity index (χ4v) is 0.923. The molecule has 0 amide bonds. The van der Waals surface area contributed by atoms with Gasteiger partial charge in [-0.25, -0.2) is 0 Å². The minimum absolute atomic E-state index is 0.208. The van der Waals surface area contributed by atoms with Crippen molar-refractivity contribution in [1.82, 2.24) is 10.1 Å². The maximum atomic E-state index is 5.09. The minimum atomic E-state index is -0.208. The molecule has 0 N–H and O–H groups in total. The van der Waals surface area contributed by atoms with Crippen molar-refractivity contribution >= 4 is 26.3 Å². The summed E-state index contributed by atoms with van der Waals surface area (Å²) in [4.78, 5) is 4.05. The summed E-state index contributed by atoms with van der Waals surface area (Å²) in [6.45, 7) is 4.08. The van der Waals surface area contributed by atoms with Gasteiger partial charge in [-0.1, -0.05) is 19.0 Å². The first-order chi connectivity index (χ1) is 5.41. The molecular formula is C6H13BN2OP2. The monoisotopic (exact) mass is 202 g/mol. The van der Waals surface area contributed by atoms with Gasteiger partial charge in [-0.05, 0) is 0 Å². The largest absolute Gasteiger partial charge is 0.339 e. The molecule has 0 bridgehead atoms. The summed E-state index contributed by atoms with van der Waals surface area (Å²) in [5.41, 5.74) is 0. The molecule has 0 fully saturated rings. The normalized spacial score (nSPS) is 12.4. The predicted octanol–water partition coefficient (Wildman–Crippen LogP) is 0.687. The Kier molecular flexibility index (Phi) is 2.90. The van der Waals surface area contributed by atoms with E-state index >= 15 is 0 Å². The highest BCUT2D eigenvalue weighted by Crippen LogP contribution is 2.33. The van der Waals surface area contributed by atoms with Crippen LogP contribution in [0.4, 0.5) is 0 Å². The van der Waals surface area contributed by atoms with Crippen LogP contribution in [0, 0.1) is 0 Å². The van der Waals surface area contributed by atoms with Crippen molar-refractivity contribution in [3.8, 4) is 0 Å². The summed E-state index contributed by atoms with van der Waals surface area (Å²) in [6, 6.07) is 0. The second-order valence-electron chi connectivity index (χ2n) is 3.40. The van der Waals surface area contributed by atoms with Gasteiger partial charge in [0, 0.05) is 10.7 Å². The van der Waals surface area contributed by atoms with E-state index in [9.17, 15) is 0 Å². The third-order valence-corrected chi connectivity index (χ3v) is 1.91. The Morgan fingerprint density at radius 3 is 2.33 bits per heavy atom. The average molecular weight is 202 g/mol. The highest BCUT2D eigenvalue weighted by molar-refractivity contribution is 7.42. The number of aromatic nitrogens is 2. The highest BCUT2D eigenvalue weighted by Gasteiger charge is 2.22. The van der Waals surface area contributed by atoms with Gasteiger partial charge in [0.1, 0.15) is 7.85 Å². The molecule has 0 saturated carbocycles. The van der Waals surface area contributed by atoms with Gasteiger partial charge in [0.2, 0.25) is 5.89 Å². The van der Waals surface area contributed by atoms with Gasteiger partial charge in [-0.2, -0.15) is 4.98 Å². The molecule has 12 heavy (non-hydrogen) atoms. The molecule has 0 saturated heterocycles. The summed E-state index contributed by atoms with van der Waals surface area (Å²) >= 11 is 0. The SMILES string of the molecule is BC(P)(P)c1nc(C(C)C)no1. The van der Waals surface area contributed by atoms with E-state index in [4.69, 9.17) is 4.52 Å². The topological polar surface area (TPSA) is 38.9 Å². The molecule has 3 nitrogen and oxygen atoms in total. The van der Waals surface area contributed by atoms with E-state index in [2.05, 4.69) is 28.6 Å². The first kappa shape index (κ1) is 10.1. The van der Waals surface area contributed by atoms with E-state index < -0.39 is 0 Å². The van der Waals surface area contributed by atoms with Crippen LogP contribution >= 0.6 is 18.5 Å². The number of hydrogen-bond donors (Lipinski definition) is 0. The van der Waals surface area contributed by atoms with Crippen LogP contribution in [-0.4, -0.2) is 18.0 Å². The van der Waals surface area contributed by atoms with E-state index in [1.807, 2.05) is 21.7 Å². The average Bonchev–Trinajstić information content (AvgIpc) is 2.30. The standard InChI is InChI=1S/C6H13BN2OP2/c1-3(2)4-8-5(10-9-4)6(7,11)12/h3H,7,11-12H2,1-2H3. The lowest BCUT2D eigenvalue weighted by molar-refractivity contribution is 0.376. The first-order valence-electron chi connectivity index (χ1n) is 3.83. The Morgan fingerprint density at radius 1 is 1.50 bits per heavy atom. The van der Waals surface area contributed by atoms with Crippen molar-refractivity contribution < 1.29 is 4.52 Å². The van der Waals surface area contributed by atoms with Gasteiger partial charge in [-0.3, -0.25) is 0 Å². The van der Waals surface area contributed by atoms with Gasteiger partial charge in [0.05, 0.1) is 0 Å². The van der Waals surface area contributed by atoms with E-state index in [0.29, 0.717) is 11.8 Å². The summed E-state index contributed by atoms with van der Waals surface area (Å²) in [5, 5.41) is 3.87. The van der Waals surface area contributed by atoms with Gasteiger partial charge in [0.15, 0.2) is 5.82 Å². The zero-order chi connectivity index (χ0) is 9.35. The van der Waals surface area contributed by atoms with Crippen LogP contribution in [0.1, 0.15) is 31.5 Å². The maximum absolute atomic E-state index is 5.09. The molecule has 6 heteroatoms. The molecule has 2 atom stereocenters. The number of nitrogens with zero attached hydrogens (tertiary/aromatic N) is 2. The molecule has 0 aromatic carbocycles. The maximum Gasteiger partial charge on any atom is 0.232 e. The molecule has 0 radical (unpaired) electrons. The first-order valence-corrected chi connectivity index (χ1v) is 4.98. The summed E-state index contributed by atoms with van der Waals surface area (Å²) in [6.07, 6.45) is 0. The van der Waals surface area contributed by atoms with Crippen LogP contribution < -0.4 is 0 Å². The van der Waals surface area contributed by atoms with Crippen LogP contribution in [0.15, 0.2) is 4.52 Å². The Labute approximate surface area is 77.9 Å². The second-order valence-corrected chi connectivity index (χ2v) is 6.46. The van der Waals surface area contributed by atoms with Crippen molar-refractivity contribution in [2.24, 2.45) is 0 Å². The molecule has 1 heterocycles. The van der Waals surface area contributed by atoms with Crippen molar-refractivity contribution in [2.75, 3.05) is 0 Å². The van der Waals surface area contributed by atoms with Crippen molar-refractivity contribution in [3.05, 3.63) is 11.7 Å². The fourth-order valence-electron chi connectivity index (χ4n) is 0.688. The molecular weight excluding hydrogens is 189 g/mol. The third kappa shape index (κ3) is 2.28. The van der Waals surface area contributed by atoms with Crippen LogP contribution in [0.3, 0.4) is 0 Å². The van der Waals surface area contributed by atoms with E-state index in [1.165, 1.54) is 0 Å². The van der Waals surface area contributed by atoms with E-state index in [-0.39, 0.29) is 4.80 Å². The van der Waals surface area contributed by atoms with Gasteiger partial charge in [-0.15, -0.1) is 18.5 Å². The zero-order valence-corrected chi connectivity index (χ0v) is 9.84. The quantitative estimate of drug-likeness (QED) is 0.522. The highest BCUT2D eigenvalue weighted by atomic mass is 31.1. The molecule has 0 spiro atoms. The molecule has 2 unspecified atom stereocenters. The van der Waals surface area contributed by atoms with Gasteiger partial charge in [0.25, 0.3) is 0 Å². The Morgan fingerprint density at radius 2 is 2.08 bits per heavy atom. The third-order valence-electron chi connectivity index (χ3n) is 1.42. The molecule has 1 rings (SSSR count). The predicted molar refractivity (Wildman–Crippen MR) is 58.0 cm³/mol. The molecule has 1 aromatic rings. The van der Waals surface area contributed by atoms with Crippen molar-refractivity contribution in [1.29, 1.82) is 0 Å². The summed E-state index contributed by atoms with van der Waals surface area (Å²) in [7, 11) is 7.27. The minimum Gasteiger partial charge on any atom is -0.339 e. The second kappa shape index (κ2) is 3.43. The van der Waals surface area contributed by atoms with E-state index in [0.717, 1.165) is 5.82 Å². The van der Waals surface area contributed by atoms with Gasteiger partial charge >= 0.3 is 0 Å². The van der Waals surface area contributed by atoms with Crippen molar-refractivity contribution in [2.45, 2.75) is 24.6 Å². The van der Waals surface area contributed by atoms with Crippen LogP contribution in [0.5, 0.6) is 0 Å². The smallest absolute Gasteiger partial charge is 0.232 e. The lowest BCUT2D eigenvalue weighted by atomic mass is 10.0. The molecule has 0 aliphatic carbocycles. The Bertz CT molecular complexity index is 269. The summed E-state index contributed by atoms with van der Waals surface area (Å²) < 4.78 is 5.09. The van der Waals surface area contributed by atoms with Crippen molar-refractivity contribution in [3.63, 3.8) is 0 Å². The van der Waals surface area contributed by atoms with Crippen LogP contribution in [-0.2, 0) is 4.80 Å². The Hall–Kier alpha value is 0.0649. The lowest BCUT2D eigenvalue weighted by Crippen LogP contribution is -2.08. The molecule has 66 valence electrons. The fraction of sp³-hybridized carbons (Fsp3) is 0.667.